The van der Waals surface area contributed by atoms with Crippen LogP contribution in [-0.4, -0.2) is 4.57 Å². The van der Waals surface area contributed by atoms with Gasteiger partial charge in [-0.2, -0.15) is 0 Å². The lowest BCUT2D eigenvalue weighted by atomic mass is 10.1. The van der Waals surface area contributed by atoms with Crippen LogP contribution in [0.4, 0.5) is 0 Å². The van der Waals surface area contributed by atoms with E-state index in [-0.39, 0.29) is 0 Å². The normalized spacial score (nSPS) is 11.1. The Morgan fingerprint density at radius 2 is 2.06 bits per heavy atom. The first-order chi connectivity index (χ1) is 7.84. The highest BCUT2D eigenvalue weighted by Crippen LogP contribution is 2.20. The quantitative estimate of drug-likeness (QED) is 0.633. The molecule has 3 rings (SSSR count). The summed E-state index contributed by atoms with van der Waals surface area (Å²) in [6, 6.07) is 12.5. The van der Waals surface area contributed by atoms with Gasteiger partial charge in [-0.3, -0.25) is 0 Å². The van der Waals surface area contributed by atoms with Crippen molar-refractivity contribution in [3.8, 4) is 0 Å². The molecule has 0 unspecified atom stereocenters. The highest BCUT2D eigenvalue weighted by atomic mass is 16.3. The Bertz CT molecular complexity index is 605. The van der Waals surface area contributed by atoms with Gasteiger partial charge in [-0.1, -0.05) is 12.1 Å². The van der Waals surface area contributed by atoms with Crippen LogP contribution in [0.3, 0.4) is 0 Å². The molecule has 0 bridgehead atoms. The second-order valence-corrected chi connectivity index (χ2v) is 4.03. The summed E-state index contributed by atoms with van der Waals surface area (Å²) in [6.45, 7) is 2.93. The second-order valence-electron chi connectivity index (χ2n) is 4.03. The fourth-order valence-electron chi connectivity index (χ4n) is 2.09. The Labute approximate surface area is 94.1 Å². The van der Waals surface area contributed by atoms with Gasteiger partial charge in [0, 0.05) is 17.1 Å². The van der Waals surface area contributed by atoms with Crippen molar-refractivity contribution in [2.24, 2.45) is 0 Å². The largest absolute Gasteiger partial charge is 0.467 e. The fraction of sp³-hybridized carbons (Fsp3) is 0.143. The summed E-state index contributed by atoms with van der Waals surface area (Å²) in [5, 5.41) is 1.31. The molecule has 3 aromatic rings. The van der Waals surface area contributed by atoms with Crippen LogP contribution in [0.15, 0.2) is 53.3 Å². The van der Waals surface area contributed by atoms with Crippen LogP contribution < -0.4 is 0 Å². The molecule has 0 N–H and O–H groups in total. The van der Waals surface area contributed by atoms with Gasteiger partial charge in [0.1, 0.15) is 5.76 Å². The summed E-state index contributed by atoms with van der Waals surface area (Å²) in [6.07, 6.45) is 3.83. The molecule has 2 aromatic heterocycles. The van der Waals surface area contributed by atoms with Crippen LogP contribution >= 0.6 is 0 Å². The van der Waals surface area contributed by atoms with Gasteiger partial charge in [0.2, 0.25) is 0 Å². The fourth-order valence-corrected chi connectivity index (χ4v) is 2.09. The standard InChI is InChI=1S/C14H13NO/c1-11-4-2-6-14-13(11)7-8-15(14)10-12-5-3-9-16-12/h2-9H,10H2,1H3. The summed E-state index contributed by atoms with van der Waals surface area (Å²) in [5.74, 6) is 0.985. The SMILES string of the molecule is Cc1cccc2c1ccn2Cc1ccco1. The van der Waals surface area contributed by atoms with Crippen LogP contribution in [0.2, 0.25) is 0 Å². The lowest BCUT2D eigenvalue weighted by Gasteiger charge is -2.03. The van der Waals surface area contributed by atoms with Crippen LogP contribution in [0.1, 0.15) is 11.3 Å². The maximum Gasteiger partial charge on any atom is 0.123 e. The third-order valence-electron chi connectivity index (χ3n) is 2.94. The zero-order valence-corrected chi connectivity index (χ0v) is 9.18. The zero-order valence-electron chi connectivity index (χ0n) is 9.18. The number of aryl methyl sites for hydroxylation is 1. The van der Waals surface area contributed by atoms with Gasteiger partial charge in [-0.15, -0.1) is 0 Å². The first-order valence-corrected chi connectivity index (χ1v) is 5.41. The van der Waals surface area contributed by atoms with E-state index in [1.54, 1.807) is 6.26 Å². The molecule has 1 aromatic carbocycles. The van der Waals surface area contributed by atoms with Gasteiger partial charge in [0.25, 0.3) is 0 Å². The number of benzene rings is 1. The van der Waals surface area contributed by atoms with Gasteiger partial charge in [-0.05, 0) is 36.8 Å². The van der Waals surface area contributed by atoms with Crippen LogP contribution in [0, 0.1) is 6.92 Å². The number of hydrogen-bond acceptors (Lipinski definition) is 1. The first kappa shape index (κ1) is 9.28. The molecule has 0 saturated carbocycles. The summed E-state index contributed by atoms with van der Waals surface area (Å²) in [5.41, 5.74) is 2.58. The Morgan fingerprint density at radius 1 is 1.12 bits per heavy atom. The first-order valence-electron chi connectivity index (χ1n) is 5.41. The van der Waals surface area contributed by atoms with Crippen molar-refractivity contribution in [3.63, 3.8) is 0 Å². The van der Waals surface area contributed by atoms with E-state index in [0.29, 0.717) is 0 Å². The van der Waals surface area contributed by atoms with Crippen molar-refractivity contribution in [1.29, 1.82) is 0 Å². The molecule has 80 valence electrons. The number of furan rings is 1. The maximum atomic E-state index is 5.37. The predicted molar refractivity (Wildman–Crippen MR) is 64.5 cm³/mol. The Morgan fingerprint density at radius 3 is 2.88 bits per heavy atom. The number of nitrogens with zero attached hydrogens (tertiary/aromatic N) is 1. The monoisotopic (exact) mass is 211 g/mol. The molecule has 0 aliphatic rings. The number of fused-ring (bicyclic) bond motifs is 1. The van der Waals surface area contributed by atoms with E-state index >= 15 is 0 Å². The number of aromatic nitrogens is 1. The van der Waals surface area contributed by atoms with Gasteiger partial charge < -0.3 is 8.98 Å². The Balaban J connectivity index is 2.08. The van der Waals surface area contributed by atoms with Crippen LogP contribution in [0.25, 0.3) is 10.9 Å². The van der Waals surface area contributed by atoms with Crippen LogP contribution in [-0.2, 0) is 6.54 Å². The van der Waals surface area contributed by atoms with E-state index in [1.807, 2.05) is 12.1 Å². The number of rotatable bonds is 2. The third kappa shape index (κ3) is 1.43. The molecule has 0 spiro atoms. The van der Waals surface area contributed by atoms with Crippen molar-refractivity contribution in [2.75, 3.05) is 0 Å². The summed E-state index contributed by atoms with van der Waals surface area (Å²) < 4.78 is 7.57. The molecule has 2 nitrogen and oxygen atoms in total. The minimum Gasteiger partial charge on any atom is -0.467 e. The molecule has 2 heteroatoms. The van der Waals surface area contributed by atoms with Gasteiger partial charge in [0.05, 0.1) is 12.8 Å². The molecular weight excluding hydrogens is 198 g/mol. The molecule has 0 atom stereocenters. The topological polar surface area (TPSA) is 18.1 Å². The van der Waals surface area contributed by atoms with E-state index < -0.39 is 0 Å². The van der Waals surface area contributed by atoms with Crippen molar-refractivity contribution < 1.29 is 4.42 Å². The van der Waals surface area contributed by atoms with Crippen molar-refractivity contribution >= 4 is 10.9 Å². The highest BCUT2D eigenvalue weighted by molar-refractivity contribution is 5.83. The molecule has 2 heterocycles. The average molecular weight is 211 g/mol. The zero-order chi connectivity index (χ0) is 11.0. The summed E-state index contributed by atoms with van der Waals surface area (Å²) >= 11 is 0. The molecule has 0 radical (unpaired) electrons. The predicted octanol–water partition coefficient (Wildman–Crippen LogP) is 3.59. The van der Waals surface area contributed by atoms with Crippen molar-refractivity contribution in [3.05, 3.63) is 60.2 Å². The smallest absolute Gasteiger partial charge is 0.123 e. The molecule has 0 aliphatic heterocycles. The lowest BCUT2D eigenvalue weighted by molar-refractivity contribution is 0.497. The van der Waals surface area contributed by atoms with Crippen molar-refractivity contribution in [1.82, 2.24) is 4.57 Å². The summed E-state index contributed by atoms with van der Waals surface area (Å²) in [4.78, 5) is 0. The maximum absolute atomic E-state index is 5.37. The number of hydrogen-bond donors (Lipinski definition) is 0. The minimum atomic E-state index is 0.792. The molecule has 0 aliphatic carbocycles. The Kier molecular flexibility index (Phi) is 2.07. The van der Waals surface area contributed by atoms with Crippen molar-refractivity contribution in [2.45, 2.75) is 13.5 Å². The van der Waals surface area contributed by atoms with E-state index in [2.05, 4.69) is 42.0 Å². The molecule has 0 amide bonds. The van der Waals surface area contributed by atoms with E-state index in [0.717, 1.165) is 12.3 Å². The van der Waals surface area contributed by atoms with E-state index in [1.165, 1.54) is 16.5 Å². The second kappa shape index (κ2) is 3.56. The van der Waals surface area contributed by atoms with E-state index in [9.17, 15) is 0 Å². The minimum absolute atomic E-state index is 0.792. The lowest BCUT2D eigenvalue weighted by Crippen LogP contribution is -1.95. The third-order valence-corrected chi connectivity index (χ3v) is 2.94. The van der Waals surface area contributed by atoms with Gasteiger partial charge >= 0.3 is 0 Å². The van der Waals surface area contributed by atoms with Gasteiger partial charge in [-0.25, -0.2) is 0 Å². The van der Waals surface area contributed by atoms with Gasteiger partial charge in [0.15, 0.2) is 0 Å². The molecule has 0 saturated heterocycles. The summed E-state index contributed by atoms with van der Waals surface area (Å²) in [7, 11) is 0. The average Bonchev–Trinajstić information content (AvgIpc) is 2.90. The molecule has 16 heavy (non-hydrogen) atoms. The van der Waals surface area contributed by atoms with E-state index in [4.69, 9.17) is 4.42 Å². The molecular formula is C14H13NO. The highest BCUT2D eigenvalue weighted by Gasteiger charge is 2.04. The van der Waals surface area contributed by atoms with Crippen LogP contribution in [0.5, 0.6) is 0 Å². The molecule has 0 fully saturated rings. The Hall–Kier alpha value is -1.96.